The standard InChI is InChI=1S/C32H31FN6/c1-6-7-27(22-8-10-25(33)11-9-22)28-15-30(37-21(28)5)31-29-14-24(17-35-32(29)39-38-31)23-13-26(18-34-16-23)36-20(4)12-19(2)3/h6-11,13-19,36-37H,1,4,12H2,2-3,5H3,(H,35,38,39)/b27-7-. The number of allylic oxidation sites excluding steroid dienone is 3. The van der Waals surface area contributed by atoms with Crippen molar-refractivity contribution in [1.82, 2.24) is 25.1 Å². The van der Waals surface area contributed by atoms with Gasteiger partial charge in [0.05, 0.1) is 17.6 Å². The number of nitrogens with zero attached hydrogens (tertiary/aromatic N) is 3. The first-order valence-corrected chi connectivity index (χ1v) is 12.9. The number of rotatable bonds is 9. The van der Waals surface area contributed by atoms with Crippen molar-refractivity contribution in [3.8, 4) is 22.5 Å². The van der Waals surface area contributed by atoms with Gasteiger partial charge >= 0.3 is 0 Å². The lowest BCUT2D eigenvalue weighted by Crippen LogP contribution is -2.02. The summed E-state index contributed by atoms with van der Waals surface area (Å²) in [5.74, 6) is 0.245. The summed E-state index contributed by atoms with van der Waals surface area (Å²) >= 11 is 0. The number of aryl methyl sites for hydroxylation is 1. The minimum atomic E-state index is -0.272. The Balaban J connectivity index is 1.50. The van der Waals surface area contributed by atoms with Gasteiger partial charge in [-0.05, 0) is 60.7 Å². The average molecular weight is 519 g/mol. The maximum absolute atomic E-state index is 13.6. The highest BCUT2D eigenvalue weighted by Crippen LogP contribution is 2.34. The lowest BCUT2D eigenvalue weighted by molar-refractivity contribution is 0.627. The summed E-state index contributed by atoms with van der Waals surface area (Å²) in [6, 6.07) is 12.6. The number of pyridine rings is 2. The van der Waals surface area contributed by atoms with Crippen LogP contribution in [0.2, 0.25) is 0 Å². The highest BCUT2D eigenvalue weighted by molar-refractivity contribution is 5.94. The molecule has 0 aliphatic rings. The number of H-pyrrole nitrogens is 2. The molecule has 5 aromatic rings. The molecule has 0 amide bonds. The molecule has 0 spiro atoms. The first-order valence-electron chi connectivity index (χ1n) is 12.9. The fourth-order valence-corrected chi connectivity index (χ4v) is 4.73. The second-order valence-electron chi connectivity index (χ2n) is 10.0. The third kappa shape index (κ3) is 5.57. The van der Waals surface area contributed by atoms with Gasteiger partial charge in [0, 0.05) is 45.9 Å². The Bertz CT molecular complexity index is 1690. The highest BCUT2D eigenvalue weighted by atomic mass is 19.1. The van der Waals surface area contributed by atoms with Crippen molar-refractivity contribution in [2.45, 2.75) is 27.2 Å². The van der Waals surface area contributed by atoms with Gasteiger partial charge in [-0.25, -0.2) is 9.37 Å². The van der Waals surface area contributed by atoms with E-state index in [4.69, 9.17) is 0 Å². The van der Waals surface area contributed by atoms with Crippen molar-refractivity contribution in [2.24, 2.45) is 5.92 Å². The lowest BCUT2D eigenvalue weighted by atomic mass is 9.97. The van der Waals surface area contributed by atoms with Gasteiger partial charge in [-0.15, -0.1) is 0 Å². The molecule has 4 aromatic heterocycles. The van der Waals surface area contributed by atoms with E-state index >= 15 is 0 Å². The Hall–Kier alpha value is -4.78. The Morgan fingerprint density at radius 2 is 1.85 bits per heavy atom. The molecule has 0 saturated heterocycles. The van der Waals surface area contributed by atoms with E-state index in [1.165, 1.54) is 12.1 Å². The summed E-state index contributed by atoms with van der Waals surface area (Å²) < 4.78 is 13.6. The monoisotopic (exact) mass is 518 g/mol. The quantitative estimate of drug-likeness (QED) is 0.172. The Kier molecular flexibility index (Phi) is 7.23. The maximum Gasteiger partial charge on any atom is 0.155 e. The molecule has 0 unspecified atom stereocenters. The SMILES string of the molecule is C=C/C=C(/c1ccc(F)cc1)c1cc(-c2n[nH]c3ncc(-c4cncc(NC(=C)CC(C)C)c4)cc23)[nH]c1C. The fraction of sp³-hybridized carbons (Fsp3) is 0.156. The van der Waals surface area contributed by atoms with Crippen LogP contribution in [0.1, 0.15) is 37.1 Å². The lowest BCUT2D eigenvalue weighted by Gasteiger charge is -2.12. The molecule has 39 heavy (non-hydrogen) atoms. The summed E-state index contributed by atoms with van der Waals surface area (Å²) in [4.78, 5) is 12.5. The van der Waals surface area contributed by atoms with Gasteiger partial charge < -0.3 is 10.3 Å². The fourth-order valence-electron chi connectivity index (χ4n) is 4.73. The largest absolute Gasteiger partial charge is 0.358 e. The Morgan fingerprint density at radius 1 is 1.08 bits per heavy atom. The third-order valence-electron chi connectivity index (χ3n) is 6.46. The van der Waals surface area contributed by atoms with Crippen LogP contribution in [0.15, 0.2) is 92.1 Å². The van der Waals surface area contributed by atoms with Crippen LogP contribution in [0.4, 0.5) is 10.1 Å². The van der Waals surface area contributed by atoms with Gasteiger partial charge in [-0.3, -0.25) is 10.1 Å². The smallest absolute Gasteiger partial charge is 0.155 e. The molecule has 196 valence electrons. The number of benzene rings is 1. The van der Waals surface area contributed by atoms with Crippen molar-refractivity contribution in [3.05, 3.63) is 115 Å². The molecule has 4 heterocycles. The number of halogens is 1. The number of hydrogen-bond acceptors (Lipinski definition) is 4. The van der Waals surface area contributed by atoms with Crippen LogP contribution in [0.3, 0.4) is 0 Å². The Labute approximate surface area is 227 Å². The van der Waals surface area contributed by atoms with Gasteiger partial charge in [-0.2, -0.15) is 5.10 Å². The second-order valence-corrected chi connectivity index (χ2v) is 10.0. The molecule has 6 nitrogen and oxygen atoms in total. The van der Waals surface area contributed by atoms with E-state index in [-0.39, 0.29) is 5.82 Å². The predicted molar refractivity (Wildman–Crippen MR) is 158 cm³/mol. The minimum absolute atomic E-state index is 0.272. The zero-order valence-corrected chi connectivity index (χ0v) is 22.3. The third-order valence-corrected chi connectivity index (χ3v) is 6.46. The first kappa shape index (κ1) is 25.9. The molecular weight excluding hydrogens is 487 g/mol. The molecule has 0 radical (unpaired) electrons. The zero-order valence-electron chi connectivity index (χ0n) is 22.3. The molecule has 7 heteroatoms. The molecule has 0 aliphatic carbocycles. The Morgan fingerprint density at radius 3 is 2.59 bits per heavy atom. The number of aromatic amines is 2. The summed E-state index contributed by atoms with van der Waals surface area (Å²) in [5, 5.41) is 11.9. The number of aromatic nitrogens is 5. The van der Waals surface area contributed by atoms with E-state index < -0.39 is 0 Å². The highest BCUT2D eigenvalue weighted by Gasteiger charge is 2.17. The second kappa shape index (κ2) is 10.9. The van der Waals surface area contributed by atoms with E-state index in [0.29, 0.717) is 11.6 Å². The minimum Gasteiger partial charge on any atom is -0.358 e. The molecule has 0 aliphatic heterocycles. The molecule has 0 saturated carbocycles. The van der Waals surface area contributed by atoms with Crippen LogP contribution in [-0.4, -0.2) is 25.1 Å². The van der Waals surface area contributed by atoms with Gasteiger partial charge in [-0.1, -0.05) is 51.3 Å². The van der Waals surface area contributed by atoms with Crippen LogP contribution < -0.4 is 5.32 Å². The van der Waals surface area contributed by atoms with Crippen molar-refractivity contribution in [2.75, 3.05) is 5.32 Å². The van der Waals surface area contributed by atoms with Gasteiger partial charge in [0.25, 0.3) is 0 Å². The predicted octanol–water partition coefficient (Wildman–Crippen LogP) is 8.05. The van der Waals surface area contributed by atoms with E-state index in [9.17, 15) is 4.39 Å². The number of hydrogen-bond donors (Lipinski definition) is 3. The van der Waals surface area contributed by atoms with Crippen molar-refractivity contribution >= 4 is 22.3 Å². The molecule has 0 atom stereocenters. The van der Waals surface area contributed by atoms with E-state index in [1.54, 1.807) is 24.4 Å². The number of nitrogens with one attached hydrogen (secondary N) is 3. The molecule has 1 aromatic carbocycles. The van der Waals surface area contributed by atoms with Gasteiger partial charge in [0.1, 0.15) is 11.5 Å². The summed E-state index contributed by atoms with van der Waals surface area (Å²) in [6.07, 6.45) is 9.99. The molecule has 3 N–H and O–H groups in total. The van der Waals surface area contributed by atoms with E-state index in [0.717, 1.165) is 68.1 Å². The van der Waals surface area contributed by atoms with Crippen LogP contribution >= 0.6 is 0 Å². The van der Waals surface area contributed by atoms with Crippen LogP contribution in [0.25, 0.3) is 39.1 Å². The summed E-state index contributed by atoms with van der Waals surface area (Å²) in [6.45, 7) is 14.3. The van der Waals surface area contributed by atoms with Gasteiger partial charge in [0.15, 0.2) is 5.65 Å². The first-order chi connectivity index (χ1) is 18.8. The summed E-state index contributed by atoms with van der Waals surface area (Å²) in [7, 11) is 0. The van der Waals surface area contributed by atoms with Crippen molar-refractivity contribution in [1.29, 1.82) is 0 Å². The molecule has 5 rings (SSSR count). The normalized spacial score (nSPS) is 11.8. The molecular formula is C32H31FN6. The number of fused-ring (bicyclic) bond motifs is 1. The number of anilines is 1. The van der Waals surface area contributed by atoms with Crippen molar-refractivity contribution < 1.29 is 4.39 Å². The van der Waals surface area contributed by atoms with Crippen LogP contribution in [-0.2, 0) is 0 Å². The van der Waals surface area contributed by atoms with Crippen molar-refractivity contribution in [3.63, 3.8) is 0 Å². The molecule has 0 bridgehead atoms. The zero-order chi connectivity index (χ0) is 27.5. The summed E-state index contributed by atoms with van der Waals surface area (Å²) in [5.41, 5.74) is 9.81. The molecule has 0 fully saturated rings. The van der Waals surface area contributed by atoms with E-state index in [1.807, 2.05) is 31.5 Å². The van der Waals surface area contributed by atoms with Gasteiger partial charge in [0.2, 0.25) is 0 Å². The maximum atomic E-state index is 13.6. The average Bonchev–Trinajstić information content (AvgIpc) is 3.50. The van der Waals surface area contributed by atoms with E-state index in [2.05, 4.69) is 69.6 Å². The van der Waals surface area contributed by atoms with Crippen LogP contribution in [0, 0.1) is 18.7 Å². The topological polar surface area (TPSA) is 82.3 Å². The van der Waals surface area contributed by atoms with Crippen LogP contribution in [0.5, 0.6) is 0 Å².